The molecule has 19 heavy (non-hydrogen) atoms. The first-order valence-corrected chi connectivity index (χ1v) is 6.97. The van der Waals surface area contributed by atoms with Crippen LogP contribution in [0.25, 0.3) is 11.3 Å². The fraction of sp³-hybridized carbons (Fsp3) is 0.308. The van der Waals surface area contributed by atoms with Gasteiger partial charge in [0.1, 0.15) is 0 Å². The lowest BCUT2D eigenvalue weighted by Crippen LogP contribution is -2.18. The number of methoxy groups -OCH3 is 1. The Morgan fingerprint density at radius 1 is 1.47 bits per heavy atom. The molecule has 0 aliphatic heterocycles. The van der Waals surface area contributed by atoms with Crippen molar-refractivity contribution in [1.82, 2.24) is 10.3 Å². The summed E-state index contributed by atoms with van der Waals surface area (Å²) < 4.78 is 11.5. The fourth-order valence-corrected chi connectivity index (χ4v) is 2.34. The molecule has 0 bridgehead atoms. The molecule has 1 N–H and O–H groups in total. The van der Waals surface area contributed by atoms with Crippen LogP contribution in [0.3, 0.4) is 0 Å². The van der Waals surface area contributed by atoms with Gasteiger partial charge < -0.3 is 14.5 Å². The molecule has 6 heteroatoms. The molecule has 2 aromatic rings. The second kappa shape index (κ2) is 7.05. The number of nitrogens with one attached hydrogen (secondary N) is 1. The molecule has 1 aromatic carbocycles. The standard InChI is InChI=1S/C13H14BrClN2O2/c1-18-5-4-16-8-13-17-7-12(19-13)10-3-2-9(14)6-11(10)15/h2-3,6-7,16H,4-5,8H2,1H3. The van der Waals surface area contributed by atoms with E-state index in [2.05, 4.69) is 26.2 Å². The largest absolute Gasteiger partial charge is 0.439 e. The van der Waals surface area contributed by atoms with Crippen LogP contribution >= 0.6 is 27.5 Å². The summed E-state index contributed by atoms with van der Waals surface area (Å²) in [6.45, 7) is 1.98. The van der Waals surface area contributed by atoms with Gasteiger partial charge in [-0.3, -0.25) is 0 Å². The van der Waals surface area contributed by atoms with E-state index >= 15 is 0 Å². The molecule has 2 rings (SSSR count). The Balaban J connectivity index is 2.04. The van der Waals surface area contributed by atoms with E-state index < -0.39 is 0 Å². The molecule has 102 valence electrons. The molecule has 1 aromatic heterocycles. The number of benzene rings is 1. The minimum atomic E-state index is 0.567. The van der Waals surface area contributed by atoms with E-state index in [0.717, 1.165) is 16.6 Å². The molecule has 0 amide bonds. The van der Waals surface area contributed by atoms with E-state index in [1.807, 2.05) is 18.2 Å². The fourth-order valence-electron chi connectivity index (χ4n) is 1.58. The van der Waals surface area contributed by atoms with E-state index in [4.69, 9.17) is 20.8 Å². The highest BCUT2D eigenvalue weighted by Gasteiger charge is 2.10. The minimum Gasteiger partial charge on any atom is -0.439 e. The third-order valence-electron chi connectivity index (χ3n) is 2.51. The van der Waals surface area contributed by atoms with Crippen LogP contribution in [0.15, 0.2) is 33.3 Å². The van der Waals surface area contributed by atoms with Crippen LogP contribution in [0.5, 0.6) is 0 Å². The molecule has 0 saturated carbocycles. The second-order valence-electron chi connectivity index (χ2n) is 3.91. The van der Waals surface area contributed by atoms with Crippen molar-refractivity contribution in [2.45, 2.75) is 6.54 Å². The lowest BCUT2D eigenvalue weighted by atomic mass is 10.2. The average Bonchev–Trinajstić information content (AvgIpc) is 2.83. The number of nitrogens with zero attached hydrogens (tertiary/aromatic N) is 1. The summed E-state index contributed by atoms with van der Waals surface area (Å²) in [5.41, 5.74) is 0.834. The monoisotopic (exact) mass is 344 g/mol. The van der Waals surface area contributed by atoms with E-state index in [9.17, 15) is 0 Å². The van der Waals surface area contributed by atoms with Gasteiger partial charge in [-0.25, -0.2) is 4.98 Å². The summed E-state index contributed by atoms with van der Waals surface area (Å²) in [5.74, 6) is 1.30. The number of ether oxygens (including phenoxy) is 1. The zero-order chi connectivity index (χ0) is 13.7. The molecule has 0 spiro atoms. The number of oxazole rings is 1. The maximum Gasteiger partial charge on any atom is 0.208 e. The molecule has 0 saturated heterocycles. The third-order valence-corrected chi connectivity index (χ3v) is 3.32. The molecule has 0 aliphatic carbocycles. The lowest BCUT2D eigenvalue weighted by Gasteiger charge is -2.01. The maximum absolute atomic E-state index is 6.17. The first kappa shape index (κ1) is 14.5. The molecular weight excluding hydrogens is 332 g/mol. The van der Waals surface area contributed by atoms with Crippen LogP contribution < -0.4 is 5.32 Å². The highest BCUT2D eigenvalue weighted by Crippen LogP contribution is 2.30. The maximum atomic E-state index is 6.17. The highest BCUT2D eigenvalue weighted by atomic mass is 79.9. The van der Waals surface area contributed by atoms with Crippen LogP contribution in [0, 0.1) is 0 Å². The van der Waals surface area contributed by atoms with Crippen LogP contribution in [0.4, 0.5) is 0 Å². The first-order valence-electron chi connectivity index (χ1n) is 5.80. The van der Waals surface area contributed by atoms with E-state index in [0.29, 0.717) is 29.8 Å². The smallest absolute Gasteiger partial charge is 0.208 e. The van der Waals surface area contributed by atoms with Gasteiger partial charge in [0.05, 0.1) is 24.4 Å². The highest BCUT2D eigenvalue weighted by molar-refractivity contribution is 9.10. The van der Waals surface area contributed by atoms with Crippen molar-refractivity contribution in [2.75, 3.05) is 20.3 Å². The Labute approximate surface area is 125 Å². The topological polar surface area (TPSA) is 47.3 Å². The van der Waals surface area contributed by atoms with Gasteiger partial charge in [0, 0.05) is 23.7 Å². The predicted molar refractivity (Wildman–Crippen MR) is 78.2 cm³/mol. The SMILES string of the molecule is COCCNCc1ncc(-c2ccc(Br)cc2Cl)o1. The van der Waals surface area contributed by atoms with Gasteiger partial charge >= 0.3 is 0 Å². The van der Waals surface area contributed by atoms with Crippen LogP contribution in [-0.4, -0.2) is 25.2 Å². The molecule has 1 heterocycles. The Morgan fingerprint density at radius 2 is 2.32 bits per heavy atom. The van der Waals surface area contributed by atoms with Crippen molar-refractivity contribution >= 4 is 27.5 Å². The zero-order valence-electron chi connectivity index (χ0n) is 10.5. The van der Waals surface area contributed by atoms with Crippen molar-refractivity contribution < 1.29 is 9.15 Å². The number of hydrogen-bond donors (Lipinski definition) is 1. The van der Waals surface area contributed by atoms with Gasteiger partial charge in [-0.1, -0.05) is 27.5 Å². The number of aromatic nitrogens is 1. The third kappa shape index (κ3) is 4.04. The number of rotatable bonds is 6. The summed E-state index contributed by atoms with van der Waals surface area (Å²) in [4.78, 5) is 4.21. The summed E-state index contributed by atoms with van der Waals surface area (Å²) in [6, 6.07) is 5.64. The van der Waals surface area contributed by atoms with Crippen molar-refractivity contribution in [3.8, 4) is 11.3 Å². The normalized spacial score (nSPS) is 10.9. The van der Waals surface area contributed by atoms with Crippen molar-refractivity contribution in [3.63, 3.8) is 0 Å². The zero-order valence-corrected chi connectivity index (χ0v) is 12.8. The van der Waals surface area contributed by atoms with Crippen LogP contribution in [0.1, 0.15) is 5.89 Å². The van der Waals surface area contributed by atoms with Crippen LogP contribution in [0.2, 0.25) is 5.02 Å². The Morgan fingerprint density at radius 3 is 3.05 bits per heavy atom. The first-order chi connectivity index (χ1) is 9.20. The van der Waals surface area contributed by atoms with E-state index in [-0.39, 0.29) is 0 Å². The molecule has 0 unspecified atom stereocenters. The number of halogens is 2. The predicted octanol–water partition coefficient (Wildman–Crippen LogP) is 3.49. The quantitative estimate of drug-likeness (QED) is 0.814. The van der Waals surface area contributed by atoms with Crippen LogP contribution in [-0.2, 0) is 11.3 Å². The molecular formula is C13H14BrClN2O2. The van der Waals surface area contributed by atoms with Gasteiger partial charge in [0.15, 0.2) is 5.76 Å². The van der Waals surface area contributed by atoms with E-state index in [1.165, 1.54) is 0 Å². The van der Waals surface area contributed by atoms with Gasteiger partial charge in [0.2, 0.25) is 5.89 Å². The molecule has 0 aliphatic rings. The van der Waals surface area contributed by atoms with Crippen molar-refractivity contribution in [1.29, 1.82) is 0 Å². The van der Waals surface area contributed by atoms with Crippen molar-refractivity contribution in [2.24, 2.45) is 0 Å². The van der Waals surface area contributed by atoms with Gasteiger partial charge in [-0.15, -0.1) is 0 Å². The molecule has 0 radical (unpaired) electrons. The Kier molecular flexibility index (Phi) is 5.39. The number of hydrogen-bond acceptors (Lipinski definition) is 4. The average molecular weight is 346 g/mol. The molecule has 4 nitrogen and oxygen atoms in total. The molecule has 0 fully saturated rings. The summed E-state index contributed by atoms with van der Waals surface area (Å²) in [6.07, 6.45) is 1.68. The lowest BCUT2D eigenvalue weighted by molar-refractivity contribution is 0.198. The molecule has 0 atom stereocenters. The second-order valence-corrected chi connectivity index (χ2v) is 5.23. The Bertz CT molecular complexity index is 545. The van der Waals surface area contributed by atoms with E-state index in [1.54, 1.807) is 13.3 Å². The summed E-state index contributed by atoms with van der Waals surface area (Å²) in [5, 5.41) is 3.80. The minimum absolute atomic E-state index is 0.567. The van der Waals surface area contributed by atoms with Crippen molar-refractivity contribution in [3.05, 3.63) is 39.8 Å². The summed E-state index contributed by atoms with van der Waals surface area (Å²) in [7, 11) is 1.67. The van der Waals surface area contributed by atoms with Gasteiger partial charge in [0.25, 0.3) is 0 Å². The van der Waals surface area contributed by atoms with Gasteiger partial charge in [-0.05, 0) is 18.2 Å². The Hall–Kier alpha value is -0.880. The van der Waals surface area contributed by atoms with Gasteiger partial charge in [-0.2, -0.15) is 0 Å². The summed E-state index contributed by atoms with van der Waals surface area (Å²) >= 11 is 9.54.